The molecule has 0 radical (unpaired) electrons. The number of amides is 1. The molecule has 2 N–H and O–H groups in total. The van der Waals surface area contributed by atoms with Gasteiger partial charge in [-0.05, 0) is 42.8 Å². The second-order valence-corrected chi connectivity index (χ2v) is 6.58. The number of rotatable bonds is 5. The van der Waals surface area contributed by atoms with Gasteiger partial charge >= 0.3 is 5.97 Å². The second-order valence-electron chi connectivity index (χ2n) is 5.49. The molecule has 3 rings (SSSR count). The van der Waals surface area contributed by atoms with Crippen LogP contribution in [0.25, 0.3) is 10.4 Å². The van der Waals surface area contributed by atoms with Crippen LogP contribution in [0.1, 0.15) is 23.0 Å². The lowest BCUT2D eigenvalue weighted by Gasteiger charge is -2.18. The van der Waals surface area contributed by atoms with Crippen LogP contribution < -0.4 is 14.8 Å². The maximum Gasteiger partial charge on any atom is 0.305 e. The van der Waals surface area contributed by atoms with E-state index < -0.39 is 12.0 Å². The number of hydrogen-bond acceptors (Lipinski definition) is 5. The zero-order valence-electron chi connectivity index (χ0n) is 13.1. The van der Waals surface area contributed by atoms with Crippen molar-refractivity contribution in [1.82, 2.24) is 5.32 Å². The summed E-state index contributed by atoms with van der Waals surface area (Å²) in [5.41, 5.74) is 0.946. The summed E-state index contributed by atoms with van der Waals surface area (Å²) in [5.74, 6) is 0.221. The molecule has 0 fully saturated rings. The molecule has 126 valence electrons. The van der Waals surface area contributed by atoms with E-state index in [1.54, 1.807) is 13.0 Å². The van der Waals surface area contributed by atoms with Gasteiger partial charge in [0.2, 0.25) is 0 Å². The van der Waals surface area contributed by atoms with Crippen LogP contribution in [0.5, 0.6) is 11.5 Å². The van der Waals surface area contributed by atoms with E-state index in [4.69, 9.17) is 14.6 Å². The number of ether oxygens (including phenoxy) is 2. The van der Waals surface area contributed by atoms with E-state index in [2.05, 4.69) is 5.32 Å². The fourth-order valence-electron chi connectivity index (χ4n) is 2.42. The molecule has 0 aliphatic carbocycles. The van der Waals surface area contributed by atoms with E-state index in [0.29, 0.717) is 23.8 Å². The Morgan fingerprint density at radius 2 is 1.96 bits per heavy atom. The Labute approximate surface area is 143 Å². The standard InChI is InChI=1S/C17H17NO5S/c1-10(8-16(19)20)18-17(21)15-5-4-14(24-15)11-2-3-12-13(9-11)23-7-6-22-12/h2-5,9-10H,6-8H2,1H3,(H,18,21)(H,19,20). The summed E-state index contributed by atoms with van der Waals surface area (Å²) in [4.78, 5) is 24.3. The third-order valence-electron chi connectivity index (χ3n) is 3.51. The summed E-state index contributed by atoms with van der Waals surface area (Å²) in [6, 6.07) is 8.86. The number of carboxylic acid groups (broad SMARTS) is 1. The lowest BCUT2D eigenvalue weighted by atomic mass is 10.1. The molecule has 1 aromatic heterocycles. The van der Waals surface area contributed by atoms with Crippen LogP contribution in [0, 0.1) is 0 Å². The van der Waals surface area contributed by atoms with E-state index in [9.17, 15) is 9.59 Å². The first kappa shape index (κ1) is 16.3. The van der Waals surface area contributed by atoms with Crippen molar-refractivity contribution in [2.75, 3.05) is 13.2 Å². The van der Waals surface area contributed by atoms with Crippen LogP contribution >= 0.6 is 11.3 Å². The molecule has 1 atom stereocenters. The molecule has 7 heteroatoms. The van der Waals surface area contributed by atoms with Crippen LogP contribution in [0.3, 0.4) is 0 Å². The summed E-state index contributed by atoms with van der Waals surface area (Å²) in [5, 5.41) is 11.4. The number of fused-ring (bicyclic) bond motifs is 1. The molecule has 0 bridgehead atoms. The largest absolute Gasteiger partial charge is 0.486 e. The molecule has 0 saturated heterocycles. The Bertz CT molecular complexity index is 770. The highest BCUT2D eigenvalue weighted by Gasteiger charge is 2.16. The maximum atomic E-state index is 12.2. The first-order valence-electron chi connectivity index (χ1n) is 7.55. The van der Waals surface area contributed by atoms with Gasteiger partial charge in [0.1, 0.15) is 13.2 Å². The molecule has 2 aromatic rings. The zero-order chi connectivity index (χ0) is 17.1. The molecule has 0 saturated carbocycles. The normalized spacial score (nSPS) is 14.0. The van der Waals surface area contributed by atoms with Crippen molar-refractivity contribution in [3.05, 3.63) is 35.2 Å². The van der Waals surface area contributed by atoms with Crippen LogP contribution in [0.2, 0.25) is 0 Å². The summed E-state index contributed by atoms with van der Waals surface area (Å²) in [6.45, 7) is 2.74. The molecule has 0 spiro atoms. The average Bonchev–Trinajstić information content (AvgIpc) is 3.03. The number of thiophene rings is 1. The van der Waals surface area contributed by atoms with Gasteiger partial charge in [-0.1, -0.05) is 0 Å². The van der Waals surface area contributed by atoms with Crippen LogP contribution in [-0.2, 0) is 4.79 Å². The molecule has 1 unspecified atom stereocenters. The van der Waals surface area contributed by atoms with Crippen molar-refractivity contribution >= 4 is 23.2 Å². The van der Waals surface area contributed by atoms with Gasteiger partial charge in [0.15, 0.2) is 11.5 Å². The Morgan fingerprint density at radius 1 is 1.21 bits per heavy atom. The highest BCUT2D eigenvalue weighted by Crippen LogP contribution is 2.36. The van der Waals surface area contributed by atoms with Crippen molar-refractivity contribution < 1.29 is 24.2 Å². The SMILES string of the molecule is CC(CC(=O)O)NC(=O)c1ccc(-c2ccc3c(c2)OCCO3)s1. The minimum atomic E-state index is -0.939. The highest BCUT2D eigenvalue weighted by atomic mass is 32.1. The van der Waals surface area contributed by atoms with E-state index >= 15 is 0 Å². The predicted octanol–water partition coefficient (Wildman–Crippen LogP) is 2.78. The van der Waals surface area contributed by atoms with Gasteiger partial charge in [0.25, 0.3) is 5.91 Å². The van der Waals surface area contributed by atoms with E-state index in [0.717, 1.165) is 16.2 Å². The third kappa shape index (κ3) is 3.68. The van der Waals surface area contributed by atoms with Crippen LogP contribution in [-0.4, -0.2) is 36.2 Å². The summed E-state index contributed by atoms with van der Waals surface area (Å²) >= 11 is 1.35. The molecule has 24 heavy (non-hydrogen) atoms. The number of aliphatic carboxylic acids is 1. The van der Waals surface area contributed by atoms with Crippen molar-refractivity contribution in [3.63, 3.8) is 0 Å². The van der Waals surface area contributed by atoms with Crippen molar-refractivity contribution in [3.8, 4) is 21.9 Å². The Balaban J connectivity index is 1.73. The molecule has 2 heterocycles. The van der Waals surface area contributed by atoms with Gasteiger partial charge in [-0.25, -0.2) is 0 Å². The number of carbonyl (C=O) groups excluding carboxylic acids is 1. The Kier molecular flexibility index (Phi) is 4.71. The second kappa shape index (κ2) is 6.92. The van der Waals surface area contributed by atoms with Gasteiger partial charge in [-0.15, -0.1) is 11.3 Å². The molecule has 1 aliphatic rings. The summed E-state index contributed by atoms with van der Waals surface area (Å²) in [7, 11) is 0. The van der Waals surface area contributed by atoms with Gasteiger partial charge in [0.05, 0.1) is 11.3 Å². The monoisotopic (exact) mass is 347 g/mol. The van der Waals surface area contributed by atoms with Crippen LogP contribution in [0.4, 0.5) is 0 Å². The zero-order valence-corrected chi connectivity index (χ0v) is 13.9. The molecular formula is C17H17NO5S. The number of hydrogen-bond donors (Lipinski definition) is 2. The Hall–Kier alpha value is -2.54. The van der Waals surface area contributed by atoms with E-state index in [-0.39, 0.29) is 12.3 Å². The molecule has 1 aromatic carbocycles. The molecule has 1 amide bonds. The fourth-order valence-corrected chi connectivity index (χ4v) is 3.33. The topological polar surface area (TPSA) is 84.9 Å². The van der Waals surface area contributed by atoms with Crippen molar-refractivity contribution in [2.45, 2.75) is 19.4 Å². The van der Waals surface area contributed by atoms with Gasteiger partial charge in [0, 0.05) is 10.9 Å². The number of carbonyl (C=O) groups is 2. The summed E-state index contributed by atoms with van der Waals surface area (Å²) in [6.07, 6.45) is -0.105. The lowest BCUT2D eigenvalue weighted by molar-refractivity contribution is -0.137. The first-order chi connectivity index (χ1) is 11.5. The Morgan fingerprint density at radius 3 is 2.71 bits per heavy atom. The molecule has 6 nitrogen and oxygen atoms in total. The lowest BCUT2D eigenvalue weighted by Crippen LogP contribution is -2.33. The van der Waals surface area contributed by atoms with Gasteiger partial charge < -0.3 is 19.9 Å². The molecule has 1 aliphatic heterocycles. The van der Waals surface area contributed by atoms with Gasteiger partial charge in [-0.3, -0.25) is 9.59 Å². The number of benzene rings is 1. The van der Waals surface area contributed by atoms with Crippen LogP contribution in [0.15, 0.2) is 30.3 Å². The quantitative estimate of drug-likeness (QED) is 0.869. The smallest absolute Gasteiger partial charge is 0.305 e. The van der Waals surface area contributed by atoms with Crippen molar-refractivity contribution in [2.24, 2.45) is 0 Å². The summed E-state index contributed by atoms with van der Waals surface area (Å²) < 4.78 is 11.1. The third-order valence-corrected chi connectivity index (χ3v) is 4.65. The maximum absolute atomic E-state index is 12.2. The fraction of sp³-hybridized carbons (Fsp3) is 0.294. The first-order valence-corrected chi connectivity index (χ1v) is 8.37. The van der Waals surface area contributed by atoms with Gasteiger partial charge in [-0.2, -0.15) is 0 Å². The van der Waals surface area contributed by atoms with E-state index in [1.165, 1.54) is 11.3 Å². The minimum Gasteiger partial charge on any atom is -0.486 e. The number of nitrogens with one attached hydrogen (secondary N) is 1. The minimum absolute atomic E-state index is 0.105. The van der Waals surface area contributed by atoms with Crippen molar-refractivity contribution in [1.29, 1.82) is 0 Å². The number of carboxylic acids is 1. The highest BCUT2D eigenvalue weighted by molar-refractivity contribution is 7.17. The predicted molar refractivity (Wildman–Crippen MR) is 89.9 cm³/mol. The average molecular weight is 347 g/mol. The van der Waals surface area contributed by atoms with E-state index in [1.807, 2.05) is 24.3 Å². The molecular weight excluding hydrogens is 330 g/mol.